The van der Waals surface area contributed by atoms with Gasteiger partial charge in [-0.3, -0.25) is 4.79 Å². The highest BCUT2D eigenvalue weighted by Gasteiger charge is 2.32. The van der Waals surface area contributed by atoms with Crippen LogP contribution in [0.4, 0.5) is 0 Å². The molecular formula is C30H50O8. The lowest BCUT2D eigenvalue weighted by Gasteiger charge is -2.34. The molecule has 4 atom stereocenters. The number of carbonyl (C=O) groups is 1. The van der Waals surface area contributed by atoms with Crippen LogP contribution in [0.15, 0.2) is 35.9 Å². The second-order valence-electron chi connectivity index (χ2n) is 10.5. The lowest BCUT2D eigenvalue weighted by molar-refractivity contribution is -0.137. The maximum Gasteiger partial charge on any atom is 0.303 e. The summed E-state index contributed by atoms with van der Waals surface area (Å²) in [7, 11) is 3.23. The molecule has 0 aromatic heterocycles. The summed E-state index contributed by atoms with van der Waals surface area (Å²) in [6.07, 6.45) is 3.33. The van der Waals surface area contributed by atoms with Crippen LogP contribution in [0, 0.1) is 5.92 Å². The van der Waals surface area contributed by atoms with Crippen LogP contribution >= 0.6 is 0 Å². The molecule has 0 aliphatic rings. The summed E-state index contributed by atoms with van der Waals surface area (Å²) in [5.41, 5.74) is 2.34. The average molecular weight is 539 g/mol. The second kappa shape index (κ2) is 18.5. The Hall–Kier alpha value is -1.81. The van der Waals surface area contributed by atoms with E-state index in [1.165, 1.54) is 0 Å². The Labute approximate surface area is 228 Å². The normalized spacial score (nSPS) is 15.7. The minimum atomic E-state index is -0.795. The molecule has 1 aromatic rings. The van der Waals surface area contributed by atoms with E-state index in [1.54, 1.807) is 14.2 Å². The van der Waals surface area contributed by atoms with E-state index in [9.17, 15) is 15.0 Å². The molecule has 0 unspecified atom stereocenters. The number of aliphatic hydroxyl groups is 2. The molecule has 0 saturated heterocycles. The standard InChI is InChI=1S/C30H50O8/c1-7-23(20-38-21-37-15-14-35-5)16-22(2)27(31)18-26(36-6)19-28(32)30(3,4)25-12-8-10-24(17-25)11-9-13-29(33)34/h8,10,12,16-17,23,26-28,31-32H,7,9,11,13-15,18-21H2,1-6H3,(H,33,34)/b22-16-/t23-,26-,27+,28+/m1/s1. The van der Waals surface area contributed by atoms with Crippen LogP contribution in [0.5, 0.6) is 0 Å². The van der Waals surface area contributed by atoms with Crippen molar-refractivity contribution in [1.29, 1.82) is 0 Å². The molecule has 0 radical (unpaired) electrons. The lowest BCUT2D eigenvalue weighted by Crippen LogP contribution is -2.38. The Bertz CT molecular complexity index is 822. The summed E-state index contributed by atoms with van der Waals surface area (Å²) in [5.74, 6) is -0.638. The first-order valence-corrected chi connectivity index (χ1v) is 13.6. The lowest BCUT2D eigenvalue weighted by atomic mass is 9.76. The molecule has 0 aliphatic carbocycles. The molecule has 0 heterocycles. The zero-order chi connectivity index (χ0) is 28.6. The first kappa shape index (κ1) is 34.2. The number of benzene rings is 1. The van der Waals surface area contributed by atoms with Gasteiger partial charge in [0, 0.05) is 44.8 Å². The number of carboxylic acids is 1. The molecule has 1 rings (SSSR count). The van der Waals surface area contributed by atoms with Crippen LogP contribution in [0.1, 0.15) is 70.9 Å². The van der Waals surface area contributed by atoms with Crippen LogP contribution in [0.3, 0.4) is 0 Å². The van der Waals surface area contributed by atoms with Gasteiger partial charge in [0.1, 0.15) is 6.79 Å². The number of aryl methyl sites for hydroxylation is 1. The maximum absolute atomic E-state index is 11.2. The van der Waals surface area contributed by atoms with Crippen molar-refractivity contribution >= 4 is 5.97 Å². The molecule has 38 heavy (non-hydrogen) atoms. The van der Waals surface area contributed by atoms with Gasteiger partial charge in [-0.25, -0.2) is 0 Å². The van der Waals surface area contributed by atoms with Crippen molar-refractivity contribution in [1.82, 2.24) is 0 Å². The van der Waals surface area contributed by atoms with Crippen LogP contribution in [-0.2, 0) is 35.6 Å². The van der Waals surface area contributed by atoms with Gasteiger partial charge < -0.3 is 34.3 Å². The Kier molecular flexibility index (Phi) is 16.6. The van der Waals surface area contributed by atoms with E-state index < -0.39 is 23.6 Å². The van der Waals surface area contributed by atoms with E-state index in [0.717, 1.165) is 23.1 Å². The fourth-order valence-corrected chi connectivity index (χ4v) is 4.26. The third-order valence-electron chi connectivity index (χ3n) is 7.14. The van der Waals surface area contributed by atoms with E-state index in [4.69, 9.17) is 24.1 Å². The van der Waals surface area contributed by atoms with Crippen LogP contribution in [-0.4, -0.2) is 80.4 Å². The van der Waals surface area contributed by atoms with E-state index in [1.807, 2.05) is 51.1 Å². The van der Waals surface area contributed by atoms with Crippen molar-refractivity contribution < 1.29 is 39.1 Å². The van der Waals surface area contributed by atoms with E-state index >= 15 is 0 Å². The molecule has 8 nitrogen and oxygen atoms in total. The van der Waals surface area contributed by atoms with Gasteiger partial charge in [0.05, 0.1) is 38.1 Å². The predicted octanol–water partition coefficient (Wildman–Crippen LogP) is 4.50. The number of methoxy groups -OCH3 is 2. The predicted molar refractivity (Wildman–Crippen MR) is 148 cm³/mol. The van der Waals surface area contributed by atoms with Gasteiger partial charge >= 0.3 is 5.97 Å². The topological polar surface area (TPSA) is 115 Å². The largest absolute Gasteiger partial charge is 0.481 e. The van der Waals surface area contributed by atoms with Crippen LogP contribution in [0.2, 0.25) is 0 Å². The molecule has 0 fully saturated rings. The highest BCUT2D eigenvalue weighted by molar-refractivity contribution is 5.66. The number of carboxylic acid groups (broad SMARTS) is 1. The first-order valence-electron chi connectivity index (χ1n) is 13.6. The van der Waals surface area contributed by atoms with E-state index in [-0.39, 0.29) is 25.2 Å². The molecule has 8 heteroatoms. The maximum atomic E-state index is 11.2. The summed E-state index contributed by atoms with van der Waals surface area (Å²) in [6.45, 7) is 9.70. The third-order valence-corrected chi connectivity index (χ3v) is 7.14. The highest BCUT2D eigenvalue weighted by atomic mass is 16.7. The minimum absolute atomic E-state index is 0.136. The van der Waals surface area contributed by atoms with Gasteiger partial charge in [0.2, 0.25) is 0 Å². The number of hydrogen-bond acceptors (Lipinski definition) is 7. The molecule has 0 saturated carbocycles. The van der Waals surface area contributed by atoms with Crippen molar-refractivity contribution in [3.63, 3.8) is 0 Å². The zero-order valence-corrected chi connectivity index (χ0v) is 24.2. The Balaban J connectivity index is 2.70. The van der Waals surface area contributed by atoms with E-state index in [0.29, 0.717) is 45.5 Å². The highest BCUT2D eigenvalue weighted by Crippen LogP contribution is 2.32. The van der Waals surface area contributed by atoms with Crippen LogP contribution in [0.25, 0.3) is 0 Å². The molecule has 1 aromatic carbocycles. The minimum Gasteiger partial charge on any atom is -0.481 e. The van der Waals surface area contributed by atoms with Crippen molar-refractivity contribution in [3.8, 4) is 0 Å². The van der Waals surface area contributed by atoms with Gasteiger partial charge in [0.15, 0.2) is 0 Å². The molecule has 218 valence electrons. The van der Waals surface area contributed by atoms with Crippen molar-refractivity contribution in [2.24, 2.45) is 5.92 Å². The number of hydrogen-bond donors (Lipinski definition) is 3. The molecule has 3 N–H and O–H groups in total. The Morgan fingerprint density at radius 3 is 2.47 bits per heavy atom. The van der Waals surface area contributed by atoms with Gasteiger partial charge in [-0.1, -0.05) is 51.1 Å². The molecule has 0 aliphatic heterocycles. The van der Waals surface area contributed by atoms with Crippen molar-refractivity contribution in [2.45, 2.75) is 89.9 Å². The number of ether oxygens (including phenoxy) is 4. The Morgan fingerprint density at radius 2 is 1.84 bits per heavy atom. The zero-order valence-electron chi connectivity index (χ0n) is 24.2. The smallest absolute Gasteiger partial charge is 0.303 e. The van der Waals surface area contributed by atoms with Gasteiger partial charge in [-0.05, 0) is 42.9 Å². The summed E-state index contributed by atoms with van der Waals surface area (Å²) in [4.78, 5) is 10.8. The molecule has 0 spiro atoms. The summed E-state index contributed by atoms with van der Waals surface area (Å²) in [6, 6.07) is 7.97. The quantitative estimate of drug-likeness (QED) is 0.119. The van der Waals surface area contributed by atoms with E-state index in [2.05, 4.69) is 6.92 Å². The average Bonchev–Trinajstić information content (AvgIpc) is 2.89. The number of aliphatic hydroxyl groups excluding tert-OH is 2. The third kappa shape index (κ3) is 12.8. The summed E-state index contributed by atoms with van der Waals surface area (Å²) in [5, 5.41) is 31.0. The van der Waals surface area contributed by atoms with Gasteiger partial charge in [-0.2, -0.15) is 0 Å². The molecular weight excluding hydrogens is 488 g/mol. The number of aliphatic carboxylic acids is 1. The first-order chi connectivity index (χ1) is 18.0. The van der Waals surface area contributed by atoms with Crippen LogP contribution < -0.4 is 0 Å². The molecule has 0 bridgehead atoms. The van der Waals surface area contributed by atoms with Crippen molar-refractivity contribution in [2.75, 3.05) is 40.8 Å². The molecule has 0 amide bonds. The summed E-state index contributed by atoms with van der Waals surface area (Å²) >= 11 is 0. The monoisotopic (exact) mass is 538 g/mol. The Morgan fingerprint density at radius 1 is 1.11 bits per heavy atom. The SMILES string of the molecule is CC[C@H](/C=C(/C)[C@@H](O)C[C@H](C[C@H](O)C(C)(C)c1cccc(CCCC(=O)O)c1)OC)COCOCCOC. The fraction of sp³-hybridized carbons (Fsp3) is 0.700. The van der Waals surface area contributed by atoms with Gasteiger partial charge in [-0.15, -0.1) is 0 Å². The fourth-order valence-electron chi connectivity index (χ4n) is 4.26. The second-order valence-corrected chi connectivity index (χ2v) is 10.5. The van der Waals surface area contributed by atoms with Gasteiger partial charge in [0.25, 0.3) is 0 Å². The van der Waals surface area contributed by atoms with Crippen molar-refractivity contribution in [3.05, 3.63) is 47.0 Å². The summed E-state index contributed by atoms with van der Waals surface area (Å²) < 4.78 is 21.5. The number of rotatable bonds is 21.